The SMILES string of the molecule is Cc1cccc(SCC(C)(C)C)c1. The zero-order valence-corrected chi connectivity index (χ0v) is 9.74. The van der Waals surface area contributed by atoms with E-state index in [0.29, 0.717) is 5.41 Å². The van der Waals surface area contributed by atoms with E-state index in [1.165, 1.54) is 16.2 Å². The zero-order valence-electron chi connectivity index (χ0n) is 8.92. The largest absolute Gasteiger partial charge is 0.126 e. The highest BCUT2D eigenvalue weighted by atomic mass is 32.2. The van der Waals surface area contributed by atoms with Crippen molar-refractivity contribution in [1.29, 1.82) is 0 Å². The Morgan fingerprint density at radius 1 is 1.23 bits per heavy atom. The fourth-order valence-corrected chi connectivity index (χ4v) is 2.05. The number of aryl methyl sites for hydroxylation is 1. The number of hydrogen-bond donors (Lipinski definition) is 0. The van der Waals surface area contributed by atoms with E-state index in [4.69, 9.17) is 0 Å². The zero-order chi connectivity index (χ0) is 9.90. The van der Waals surface area contributed by atoms with E-state index in [2.05, 4.69) is 52.0 Å². The van der Waals surface area contributed by atoms with Gasteiger partial charge in [0, 0.05) is 10.6 Å². The Balaban J connectivity index is 2.55. The second kappa shape index (κ2) is 4.19. The second-order valence-electron chi connectivity index (χ2n) is 4.67. The number of hydrogen-bond acceptors (Lipinski definition) is 1. The van der Waals surface area contributed by atoms with Gasteiger partial charge in [0.05, 0.1) is 0 Å². The van der Waals surface area contributed by atoms with Crippen LogP contribution in [-0.2, 0) is 0 Å². The molecule has 13 heavy (non-hydrogen) atoms. The lowest BCUT2D eigenvalue weighted by Gasteiger charge is -2.17. The first-order chi connectivity index (χ1) is 5.97. The van der Waals surface area contributed by atoms with Gasteiger partial charge < -0.3 is 0 Å². The lowest BCUT2D eigenvalue weighted by Crippen LogP contribution is -2.07. The van der Waals surface area contributed by atoms with Crippen LogP contribution in [0.2, 0.25) is 0 Å². The molecule has 0 N–H and O–H groups in total. The van der Waals surface area contributed by atoms with E-state index in [-0.39, 0.29) is 0 Å². The fraction of sp³-hybridized carbons (Fsp3) is 0.500. The van der Waals surface area contributed by atoms with Crippen molar-refractivity contribution in [2.75, 3.05) is 5.75 Å². The molecule has 0 saturated carbocycles. The molecule has 1 aromatic rings. The molecule has 0 saturated heterocycles. The molecule has 0 radical (unpaired) electrons. The Kier molecular flexibility index (Phi) is 3.43. The van der Waals surface area contributed by atoms with Crippen LogP contribution in [0.5, 0.6) is 0 Å². The smallest absolute Gasteiger partial charge is 0.00747 e. The first-order valence-electron chi connectivity index (χ1n) is 4.67. The summed E-state index contributed by atoms with van der Waals surface area (Å²) in [5.41, 5.74) is 1.76. The molecule has 1 heteroatoms. The number of thioether (sulfide) groups is 1. The van der Waals surface area contributed by atoms with Gasteiger partial charge in [-0.25, -0.2) is 0 Å². The Labute approximate surface area is 85.7 Å². The summed E-state index contributed by atoms with van der Waals surface area (Å²) in [6.07, 6.45) is 0. The summed E-state index contributed by atoms with van der Waals surface area (Å²) in [7, 11) is 0. The van der Waals surface area contributed by atoms with Crippen molar-refractivity contribution in [1.82, 2.24) is 0 Å². The minimum atomic E-state index is 0.411. The van der Waals surface area contributed by atoms with Crippen LogP contribution in [0.3, 0.4) is 0 Å². The summed E-state index contributed by atoms with van der Waals surface area (Å²) < 4.78 is 0. The third-order valence-corrected chi connectivity index (χ3v) is 3.26. The lowest BCUT2D eigenvalue weighted by atomic mass is 10.0. The van der Waals surface area contributed by atoms with Gasteiger partial charge in [-0.3, -0.25) is 0 Å². The monoisotopic (exact) mass is 194 g/mol. The van der Waals surface area contributed by atoms with Crippen molar-refractivity contribution in [2.45, 2.75) is 32.6 Å². The molecule has 0 aliphatic heterocycles. The van der Waals surface area contributed by atoms with Gasteiger partial charge in [0.2, 0.25) is 0 Å². The van der Waals surface area contributed by atoms with E-state index in [1.54, 1.807) is 0 Å². The molecule has 0 unspecified atom stereocenters. The second-order valence-corrected chi connectivity index (χ2v) is 5.71. The normalized spacial score (nSPS) is 11.7. The van der Waals surface area contributed by atoms with E-state index in [0.717, 1.165) is 0 Å². The maximum atomic E-state index is 2.27. The van der Waals surface area contributed by atoms with Gasteiger partial charge in [0.1, 0.15) is 0 Å². The van der Waals surface area contributed by atoms with Crippen molar-refractivity contribution in [3.8, 4) is 0 Å². The van der Waals surface area contributed by atoms with Crippen LogP contribution in [0.15, 0.2) is 29.2 Å². The predicted octanol–water partition coefficient (Wildman–Crippen LogP) is 4.13. The molecule has 0 spiro atoms. The van der Waals surface area contributed by atoms with Gasteiger partial charge in [-0.15, -0.1) is 11.8 Å². The Hall–Kier alpha value is -0.430. The molecule has 0 bridgehead atoms. The van der Waals surface area contributed by atoms with Crippen LogP contribution in [0, 0.1) is 12.3 Å². The van der Waals surface area contributed by atoms with E-state index in [1.807, 2.05) is 11.8 Å². The molecule has 0 heterocycles. The van der Waals surface area contributed by atoms with Crippen LogP contribution in [0.25, 0.3) is 0 Å². The summed E-state index contributed by atoms with van der Waals surface area (Å²) in [5.74, 6) is 1.18. The summed E-state index contributed by atoms with van der Waals surface area (Å²) in [6, 6.07) is 8.70. The summed E-state index contributed by atoms with van der Waals surface area (Å²) >= 11 is 1.94. The van der Waals surface area contributed by atoms with Crippen LogP contribution in [0.4, 0.5) is 0 Å². The molecule has 1 aromatic carbocycles. The minimum absolute atomic E-state index is 0.411. The van der Waals surface area contributed by atoms with Crippen molar-refractivity contribution >= 4 is 11.8 Å². The highest BCUT2D eigenvalue weighted by Crippen LogP contribution is 2.27. The molecule has 1 rings (SSSR count). The molecule has 0 aliphatic carbocycles. The van der Waals surface area contributed by atoms with Gasteiger partial charge in [0.15, 0.2) is 0 Å². The number of benzene rings is 1. The Bertz CT molecular complexity index is 271. The van der Waals surface area contributed by atoms with Crippen molar-refractivity contribution in [3.63, 3.8) is 0 Å². The summed E-state index contributed by atoms with van der Waals surface area (Å²) in [4.78, 5) is 1.38. The van der Waals surface area contributed by atoms with Crippen molar-refractivity contribution < 1.29 is 0 Å². The Morgan fingerprint density at radius 3 is 2.46 bits per heavy atom. The van der Waals surface area contributed by atoms with Gasteiger partial charge in [-0.2, -0.15) is 0 Å². The first-order valence-corrected chi connectivity index (χ1v) is 5.65. The van der Waals surface area contributed by atoms with Crippen molar-refractivity contribution in [3.05, 3.63) is 29.8 Å². The maximum Gasteiger partial charge on any atom is 0.00747 e. The van der Waals surface area contributed by atoms with E-state index >= 15 is 0 Å². The topological polar surface area (TPSA) is 0 Å². The van der Waals surface area contributed by atoms with Gasteiger partial charge in [0.25, 0.3) is 0 Å². The molecular formula is C12H18S. The quantitative estimate of drug-likeness (QED) is 0.638. The maximum absolute atomic E-state index is 2.27. The van der Waals surface area contributed by atoms with Gasteiger partial charge in [-0.1, -0.05) is 38.5 Å². The third-order valence-electron chi connectivity index (χ3n) is 1.66. The fourth-order valence-electron chi connectivity index (χ4n) is 1.00. The average molecular weight is 194 g/mol. The molecule has 0 nitrogen and oxygen atoms in total. The summed E-state index contributed by atoms with van der Waals surface area (Å²) in [5, 5.41) is 0. The molecule has 0 aromatic heterocycles. The van der Waals surface area contributed by atoms with Crippen LogP contribution in [-0.4, -0.2) is 5.75 Å². The highest BCUT2D eigenvalue weighted by Gasteiger charge is 2.10. The van der Waals surface area contributed by atoms with E-state index in [9.17, 15) is 0 Å². The van der Waals surface area contributed by atoms with Crippen LogP contribution >= 0.6 is 11.8 Å². The standard InChI is InChI=1S/C12H18S/c1-10-6-5-7-11(8-10)13-9-12(2,3)4/h5-8H,9H2,1-4H3. The lowest BCUT2D eigenvalue weighted by molar-refractivity contribution is 0.481. The molecular weight excluding hydrogens is 176 g/mol. The Morgan fingerprint density at radius 2 is 1.92 bits per heavy atom. The van der Waals surface area contributed by atoms with Gasteiger partial charge >= 0.3 is 0 Å². The van der Waals surface area contributed by atoms with Crippen LogP contribution in [0.1, 0.15) is 26.3 Å². The first kappa shape index (κ1) is 10.6. The number of rotatable bonds is 2. The van der Waals surface area contributed by atoms with Crippen LogP contribution < -0.4 is 0 Å². The highest BCUT2D eigenvalue weighted by molar-refractivity contribution is 7.99. The third kappa shape index (κ3) is 4.37. The summed E-state index contributed by atoms with van der Waals surface area (Å²) in [6.45, 7) is 8.96. The van der Waals surface area contributed by atoms with Gasteiger partial charge in [-0.05, 0) is 24.5 Å². The molecule has 0 atom stereocenters. The molecule has 72 valence electrons. The molecule has 0 aliphatic rings. The molecule has 0 amide bonds. The molecule has 0 fully saturated rings. The average Bonchev–Trinajstić information content (AvgIpc) is 2.00. The minimum Gasteiger partial charge on any atom is -0.126 e. The predicted molar refractivity (Wildman–Crippen MR) is 61.4 cm³/mol. The van der Waals surface area contributed by atoms with Crippen molar-refractivity contribution in [2.24, 2.45) is 5.41 Å². The van der Waals surface area contributed by atoms with E-state index < -0.39 is 0 Å².